The molecule has 0 radical (unpaired) electrons. The average Bonchev–Trinajstić information content (AvgIpc) is 2.52. The van der Waals surface area contributed by atoms with Crippen molar-refractivity contribution in [2.75, 3.05) is 13.2 Å². The highest BCUT2D eigenvalue weighted by Crippen LogP contribution is 2.37. The van der Waals surface area contributed by atoms with Crippen LogP contribution in [0.1, 0.15) is 59.3 Å². The summed E-state index contributed by atoms with van der Waals surface area (Å²) in [4.78, 5) is 0. The largest absolute Gasteiger partial charge is 0.416 e. The molecule has 3 nitrogen and oxygen atoms in total. The van der Waals surface area contributed by atoms with Crippen molar-refractivity contribution < 1.29 is 14.6 Å². The van der Waals surface area contributed by atoms with E-state index in [9.17, 15) is 10.2 Å². The van der Waals surface area contributed by atoms with Gasteiger partial charge in [0.25, 0.3) is 0 Å². The molecular formula is C20H38O3Si. The van der Waals surface area contributed by atoms with Crippen molar-refractivity contribution in [2.45, 2.75) is 83.5 Å². The fourth-order valence-electron chi connectivity index (χ4n) is 2.93. The molecule has 0 bridgehead atoms. The first kappa shape index (κ1) is 21.6. The normalized spacial score (nSPS) is 19.4. The standard InChI is InChI=1S/C20H38O3Si/c1-16(15-21)18(12-13-23-24(5,6)20(2,3)4)14-19(22)17-10-8-7-9-11-17/h14,17,19,21-22H,1,7-13,15H2,2-6H3/b18-14-. The minimum atomic E-state index is -1.77. The van der Waals surface area contributed by atoms with Crippen LogP contribution in [0.4, 0.5) is 0 Å². The first-order valence-corrected chi connectivity index (χ1v) is 12.3. The Bertz CT molecular complexity index is 429. The Hall–Kier alpha value is -0.423. The molecule has 0 heterocycles. The van der Waals surface area contributed by atoms with Gasteiger partial charge >= 0.3 is 0 Å². The lowest BCUT2D eigenvalue weighted by Gasteiger charge is -2.36. The Morgan fingerprint density at radius 2 is 1.83 bits per heavy atom. The number of rotatable bonds is 8. The molecule has 1 aliphatic carbocycles. The van der Waals surface area contributed by atoms with Gasteiger partial charge in [-0.25, -0.2) is 0 Å². The third-order valence-corrected chi connectivity index (χ3v) is 10.3. The van der Waals surface area contributed by atoms with Gasteiger partial charge in [0, 0.05) is 6.61 Å². The first-order chi connectivity index (χ1) is 11.1. The number of aliphatic hydroxyl groups excluding tert-OH is 2. The van der Waals surface area contributed by atoms with Gasteiger partial charge in [0.1, 0.15) is 0 Å². The van der Waals surface area contributed by atoms with Crippen LogP contribution in [-0.2, 0) is 4.43 Å². The van der Waals surface area contributed by atoms with E-state index in [1.54, 1.807) is 0 Å². The molecule has 0 aromatic rings. The summed E-state index contributed by atoms with van der Waals surface area (Å²) in [7, 11) is -1.77. The molecule has 0 aromatic carbocycles. The van der Waals surface area contributed by atoms with Crippen LogP contribution in [0.15, 0.2) is 23.8 Å². The van der Waals surface area contributed by atoms with E-state index in [2.05, 4.69) is 40.4 Å². The van der Waals surface area contributed by atoms with Crippen LogP contribution < -0.4 is 0 Å². The lowest BCUT2D eigenvalue weighted by atomic mass is 9.84. The Kier molecular flexibility index (Phi) is 8.40. The highest BCUT2D eigenvalue weighted by Gasteiger charge is 2.36. The molecule has 2 N–H and O–H groups in total. The molecule has 0 spiro atoms. The zero-order chi connectivity index (χ0) is 18.4. The van der Waals surface area contributed by atoms with Gasteiger partial charge in [-0.1, -0.05) is 52.7 Å². The Morgan fingerprint density at radius 1 is 1.25 bits per heavy atom. The number of aliphatic hydroxyl groups is 2. The predicted molar refractivity (Wildman–Crippen MR) is 105 cm³/mol. The average molecular weight is 355 g/mol. The summed E-state index contributed by atoms with van der Waals surface area (Å²) in [6.07, 6.45) is 8.08. The summed E-state index contributed by atoms with van der Waals surface area (Å²) in [5, 5.41) is 20.2. The van der Waals surface area contributed by atoms with E-state index in [1.165, 1.54) is 19.3 Å². The van der Waals surface area contributed by atoms with Gasteiger partial charge in [-0.2, -0.15) is 0 Å². The second-order valence-corrected chi connectivity index (χ2v) is 13.5. The molecule has 0 amide bonds. The maximum Gasteiger partial charge on any atom is 0.191 e. The SMILES string of the molecule is C=C(CO)/C(=C\C(O)C1CCCCC1)CCO[Si](C)(C)C(C)(C)C. The Labute approximate surface area is 149 Å². The van der Waals surface area contributed by atoms with Crippen LogP contribution >= 0.6 is 0 Å². The van der Waals surface area contributed by atoms with E-state index in [-0.39, 0.29) is 11.6 Å². The van der Waals surface area contributed by atoms with Crippen molar-refractivity contribution >= 4 is 8.32 Å². The van der Waals surface area contributed by atoms with Gasteiger partial charge in [-0.05, 0) is 54.5 Å². The fourth-order valence-corrected chi connectivity index (χ4v) is 3.98. The summed E-state index contributed by atoms with van der Waals surface area (Å²) in [5.41, 5.74) is 1.65. The molecule has 24 heavy (non-hydrogen) atoms. The van der Waals surface area contributed by atoms with E-state index in [0.29, 0.717) is 24.5 Å². The van der Waals surface area contributed by atoms with Crippen molar-refractivity contribution in [1.82, 2.24) is 0 Å². The van der Waals surface area contributed by atoms with Crippen molar-refractivity contribution in [2.24, 2.45) is 5.92 Å². The van der Waals surface area contributed by atoms with Gasteiger partial charge in [0.2, 0.25) is 0 Å². The van der Waals surface area contributed by atoms with Gasteiger partial charge in [-0.15, -0.1) is 0 Å². The molecule has 4 heteroatoms. The van der Waals surface area contributed by atoms with E-state index < -0.39 is 14.4 Å². The topological polar surface area (TPSA) is 49.7 Å². The van der Waals surface area contributed by atoms with Crippen molar-refractivity contribution in [3.8, 4) is 0 Å². The fraction of sp³-hybridized carbons (Fsp3) is 0.800. The van der Waals surface area contributed by atoms with Crippen LogP contribution in [0.3, 0.4) is 0 Å². The zero-order valence-electron chi connectivity index (χ0n) is 16.4. The van der Waals surface area contributed by atoms with E-state index in [4.69, 9.17) is 4.43 Å². The monoisotopic (exact) mass is 354 g/mol. The maximum atomic E-state index is 10.5. The Morgan fingerprint density at radius 3 is 2.33 bits per heavy atom. The summed E-state index contributed by atoms with van der Waals surface area (Å²) in [5.74, 6) is 0.349. The third kappa shape index (κ3) is 6.47. The van der Waals surface area contributed by atoms with Gasteiger partial charge in [0.15, 0.2) is 8.32 Å². The van der Waals surface area contributed by atoms with E-state index >= 15 is 0 Å². The summed E-state index contributed by atoms with van der Waals surface area (Å²) >= 11 is 0. The van der Waals surface area contributed by atoms with Gasteiger partial charge in [0.05, 0.1) is 12.7 Å². The molecule has 1 atom stereocenters. The lowest BCUT2D eigenvalue weighted by molar-refractivity contribution is 0.124. The van der Waals surface area contributed by atoms with Gasteiger partial charge in [-0.3, -0.25) is 0 Å². The number of hydrogen-bond acceptors (Lipinski definition) is 3. The molecule has 1 rings (SSSR count). The quantitative estimate of drug-likeness (QED) is 0.485. The van der Waals surface area contributed by atoms with Crippen LogP contribution in [-0.4, -0.2) is 37.8 Å². The van der Waals surface area contributed by atoms with Crippen molar-refractivity contribution in [3.63, 3.8) is 0 Å². The van der Waals surface area contributed by atoms with Crippen LogP contribution in [0.5, 0.6) is 0 Å². The van der Waals surface area contributed by atoms with Crippen LogP contribution in [0.2, 0.25) is 18.1 Å². The van der Waals surface area contributed by atoms with Crippen LogP contribution in [0, 0.1) is 5.92 Å². The summed E-state index contributed by atoms with van der Waals surface area (Å²) in [6.45, 7) is 15.7. The van der Waals surface area contributed by atoms with Gasteiger partial charge < -0.3 is 14.6 Å². The maximum absolute atomic E-state index is 10.5. The molecule has 1 fully saturated rings. The number of hydrogen-bond donors (Lipinski definition) is 2. The molecule has 0 aromatic heterocycles. The minimum absolute atomic E-state index is 0.0662. The summed E-state index contributed by atoms with van der Waals surface area (Å²) < 4.78 is 6.24. The molecule has 1 aliphatic rings. The van der Waals surface area contributed by atoms with E-state index in [0.717, 1.165) is 18.4 Å². The second-order valence-electron chi connectivity index (χ2n) is 8.70. The van der Waals surface area contributed by atoms with E-state index in [1.807, 2.05) is 6.08 Å². The molecule has 0 saturated heterocycles. The first-order valence-electron chi connectivity index (χ1n) is 9.40. The van der Waals surface area contributed by atoms with Crippen LogP contribution in [0.25, 0.3) is 0 Å². The molecule has 140 valence electrons. The molecular weight excluding hydrogens is 316 g/mol. The highest BCUT2D eigenvalue weighted by molar-refractivity contribution is 6.74. The molecule has 1 unspecified atom stereocenters. The second kappa shape index (κ2) is 9.32. The van der Waals surface area contributed by atoms with Crippen molar-refractivity contribution in [3.05, 3.63) is 23.8 Å². The Balaban J connectivity index is 2.68. The minimum Gasteiger partial charge on any atom is -0.416 e. The van der Waals surface area contributed by atoms with Crippen molar-refractivity contribution in [1.29, 1.82) is 0 Å². The highest BCUT2D eigenvalue weighted by atomic mass is 28.4. The summed E-state index contributed by atoms with van der Waals surface area (Å²) in [6, 6.07) is 0. The lowest BCUT2D eigenvalue weighted by Crippen LogP contribution is -2.41. The molecule has 0 aliphatic heterocycles. The predicted octanol–water partition coefficient (Wildman–Crippen LogP) is 4.81. The third-order valence-electron chi connectivity index (χ3n) is 5.79. The zero-order valence-corrected chi connectivity index (χ0v) is 17.4. The molecule has 1 saturated carbocycles. The smallest absolute Gasteiger partial charge is 0.191 e.